The van der Waals surface area contributed by atoms with Crippen molar-refractivity contribution in [3.05, 3.63) is 0 Å². The highest BCUT2D eigenvalue weighted by Gasteiger charge is 2.33. The molecule has 0 amide bonds. The third kappa shape index (κ3) is 4.66. The highest BCUT2D eigenvalue weighted by atomic mass is 16.5. The van der Waals surface area contributed by atoms with E-state index in [0.29, 0.717) is 12.6 Å². The van der Waals surface area contributed by atoms with Crippen LogP contribution in [0.3, 0.4) is 0 Å². The molecule has 1 aliphatic rings. The minimum absolute atomic E-state index is 0.0382. The SMILES string of the molecule is CCCC(C(=O)OCC)N(CC1CC1)C(C)C. The molecule has 1 unspecified atom stereocenters. The number of esters is 1. The van der Waals surface area contributed by atoms with Crippen molar-refractivity contribution in [3.8, 4) is 0 Å². The summed E-state index contributed by atoms with van der Waals surface area (Å²) < 4.78 is 5.21. The van der Waals surface area contributed by atoms with Gasteiger partial charge in [0.05, 0.1) is 6.61 Å². The molecule has 17 heavy (non-hydrogen) atoms. The molecule has 0 aliphatic heterocycles. The Balaban J connectivity index is 2.64. The summed E-state index contributed by atoms with van der Waals surface area (Å²) >= 11 is 0. The molecule has 1 saturated carbocycles. The molecule has 0 N–H and O–H groups in total. The van der Waals surface area contributed by atoms with E-state index in [4.69, 9.17) is 4.74 Å². The van der Waals surface area contributed by atoms with Gasteiger partial charge in [-0.05, 0) is 46.0 Å². The van der Waals surface area contributed by atoms with Gasteiger partial charge in [-0.1, -0.05) is 13.3 Å². The highest BCUT2D eigenvalue weighted by Crippen LogP contribution is 2.31. The number of rotatable bonds is 8. The molecule has 0 aromatic carbocycles. The summed E-state index contributed by atoms with van der Waals surface area (Å²) in [7, 11) is 0. The Kier molecular flexibility index (Phi) is 5.96. The molecule has 1 atom stereocenters. The lowest BCUT2D eigenvalue weighted by atomic mass is 10.1. The first kappa shape index (κ1) is 14.5. The van der Waals surface area contributed by atoms with Crippen molar-refractivity contribution in [3.63, 3.8) is 0 Å². The smallest absolute Gasteiger partial charge is 0.323 e. The van der Waals surface area contributed by atoms with Crippen molar-refractivity contribution in [2.75, 3.05) is 13.2 Å². The molecule has 0 heterocycles. The van der Waals surface area contributed by atoms with Gasteiger partial charge < -0.3 is 4.74 Å². The Bertz CT molecular complexity index is 236. The predicted molar refractivity (Wildman–Crippen MR) is 69.9 cm³/mol. The maximum absolute atomic E-state index is 12.0. The first-order valence-electron chi connectivity index (χ1n) is 7.02. The molecule has 3 nitrogen and oxygen atoms in total. The van der Waals surface area contributed by atoms with E-state index in [1.54, 1.807) is 0 Å². The number of nitrogens with zero attached hydrogens (tertiary/aromatic N) is 1. The van der Waals surface area contributed by atoms with Crippen LogP contribution in [0.5, 0.6) is 0 Å². The fourth-order valence-corrected chi connectivity index (χ4v) is 2.23. The van der Waals surface area contributed by atoms with Crippen LogP contribution in [0.1, 0.15) is 53.4 Å². The van der Waals surface area contributed by atoms with Gasteiger partial charge in [0.1, 0.15) is 6.04 Å². The summed E-state index contributed by atoms with van der Waals surface area (Å²) in [5.74, 6) is 0.773. The fraction of sp³-hybridized carbons (Fsp3) is 0.929. The Hall–Kier alpha value is -0.570. The second kappa shape index (κ2) is 7.00. The molecule has 0 aromatic heterocycles. The van der Waals surface area contributed by atoms with E-state index in [1.165, 1.54) is 12.8 Å². The first-order chi connectivity index (χ1) is 8.10. The van der Waals surface area contributed by atoms with Crippen molar-refractivity contribution in [1.29, 1.82) is 0 Å². The Morgan fingerprint density at radius 2 is 2.00 bits per heavy atom. The minimum Gasteiger partial charge on any atom is -0.465 e. The largest absolute Gasteiger partial charge is 0.465 e. The van der Waals surface area contributed by atoms with Crippen LogP contribution in [0.2, 0.25) is 0 Å². The molecular formula is C14H27NO2. The van der Waals surface area contributed by atoms with Crippen LogP contribution >= 0.6 is 0 Å². The number of hydrogen-bond acceptors (Lipinski definition) is 3. The van der Waals surface area contributed by atoms with Crippen molar-refractivity contribution in [1.82, 2.24) is 4.90 Å². The molecular weight excluding hydrogens is 214 g/mol. The van der Waals surface area contributed by atoms with E-state index in [-0.39, 0.29) is 12.0 Å². The molecule has 0 spiro atoms. The van der Waals surface area contributed by atoms with Crippen molar-refractivity contribution < 1.29 is 9.53 Å². The fourth-order valence-electron chi connectivity index (χ4n) is 2.23. The second-order valence-corrected chi connectivity index (χ2v) is 5.29. The summed E-state index contributed by atoms with van der Waals surface area (Å²) in [5.41, 5.74) is 0. The quantitative estimate of drug-likeness (QED) is 0.612. The molecule has 0 radical (unpaired) electrons. The molecule has 1 aliphatic carbocycles. The topological polar surface area (TPSA) is 29.5 Å². The zero-order valence-electron chi connectivity index (χ0n) is 11.7. The third-order valence-corrected chi connectivity index (χ3v) is 3.35. The van der Waals surface area contributed by atoms with Gasteiger partial charge in [-0.2, -0.15) is 0 Å². The summed E-state index contributed by atoms with van der Waals surface area (Å²) in [6, 6.07) is 0.372. The van der Waals surface area contributed by atoms with Gasteiger partial charge in [0.25, 0.3) is 0 Å². The first-order valence-corrected chi connectivity index (χ1v) is 7.02. The molecule has 0 bridgehead atoms. The lowest BCUT2D eigenvalue weighted by Crippen LogP contribution is -2.47. The lowest BCUT2D eigenvalue weighted by molar-refractivity contribution is -0.150. The van der Waals surface area contributed by atoms with Crippen LogP contribution in [0, 0.1) is 5.92 Å². The molecule has 0 saturated heterocycles. The summed E-state index contributed by atoms with van der Waals surface area (Å²) in [5, 5.41) is 0. The maximum Gasteiger partial charge on any atom is 0.323 e. The zero-order chi connectivity index (χ0) is 12.8. The minimum atomic E-state index is -0.0412. The van der Waals surface area contributed by atoms with E-state index < -0.39 is 0 Å². The van der Waals surface area contributed by atoms with Crippen LogP contribution in [-0.4, -0.2) is 36.1 Å². The normalized spacial score (nSPS) is 17.5. The predicted octanol–water partition coefficient (Wildman–Crippen LogP) is 2.84. The van der Waals surface area contributed by atoms with E-state index in [9.17, 15) is 4.79 Å². The van der Waals surface area contributed by atoms with E-state index in [1.807, 2.05) is 6.92 Å². The summed E-state index contributed by atoms with van der Waals surface area (Å²) in [4.78, 5) is 14.3. The van der Waals surface area contributed by atoms with Crippen molar-refractivity contribution in [2.45, 2.75) is 65.5 Å². The average molecular weight is 241 g/mol. The Morgan fingerprint density at radius 1 is 1.35 bits per heavy atom. The highest BCUT2D eigenvalue weighted by molar-refractivity contribution is 5.75. The second-order valence-electron chi connectivity index (χ2n) is 5.29. The molecule has 100 valence electrons. The van der Waals surface area contributed by atoms with Crippen LogP contribution in [0.25, 0.3) is 0 Å². The van der Waals surface area contributed by atoms with Gasteiger partial charge in [0.2, 0.25) is 0 Å². The number of carbonyl (C=O) groups is 1. The molecule has 3 heteroatoms. The van der Waals surface area contributed by atoms with Gasteiger partial charge in [-0.25, -0.2) is 0 Å². The van der Waals surface area contributed by atoms with Crippen molar-refractivity contribution >= 4 is 5.97 Å². The monoisotopic (exact) mass is 241 g/mol. The summed E-state index contributed by atoms with van der Waals surface area (Å²) in [6.45, 7) is 9.88. The van der Waals surface area contributed by atoms with Gasteiger partial charge in [-0.3, -0.25) is 9.69 Å². The molecule has 1 fully saturated rings. The summed E-state index contributed by atoms with van der Waals surface area (Å²) in [6.07, 6.45) is 4.58. The third-order valence-electron chi connectivity index (χ3n) is 3.35. The number of ether oxygens (including phenoxy) is 1. The Morgan fingerprint density at radius 3 is 2.41 bits per heavy atom. The van der Waals surface area contributed by atoms with Gasteiger partial charge in [0.15, 0.2) is 0 Å². The lowest BCUT2D eigenvalue weighted by Gasteiger charge is -2.33. The van der Waals surface area contributed by atoms with Crippen LogP contribution < -0.4 is 0 Å². The molecule has 0 aromatic rings. The van der Waals surface area contributed by atoms with Gasteiger partial charge >= 0.3 is 5.97 Å². The van der Waals surface area contributed by atoms with Crippen molar-refractivity contribution in [2.24, 2.45) is 5.92 Å². The van der Waals surface area contributed by atoms with E-state index >= 15 is 0 Å². The number of carbonyl (C=O) groups excluding carboxylic acids is 1. The number of hydrogen-bond donors (Lipinski definition) is 0. The van der Waals surface area contributed by atoms with Gasteiger partial charge in [-0.15, -0.1) is 0 Å². The Labute approximate surface area is 106 Å². The van der Waals surface area contributed by atoms with Crippen LogP contribution in [0.4, 0.5) is 0 Å². The van der Waals surface area contributed by atoms with E-state index in [2.05, 4.69) is 25.7 Å². The van der Waals surface area contributed by atoms with Crippen LogP contribution in [0.15, 0.2) is 0 Å². The standard InChI is InChI=1S/C14H27NO2/c1-5-7-13(14(16)17-6-2)15(11(3)4)10-12-8-9-12/h11-13H,5-10H2,1-4H3. The molecule has 1 rings (SSSR count). The van der Waals surface area contributed by atoms with Crippen LogP contribution in [-0.2, 0) is 9.53 Å². The zero-order valence-corrected chi connectivity index (χ0v) is 11.7. The average Bonchev–Trinajstić information content (AvgIpc) is 3.07. The van der Waals surface area contributed by atoms with E-state index in [0.717, 1.165) is 25.3 Å². The van der Waals surface area contributed by atoms with Gasteiger partial charge in [0, 0.05) is 12.6 Å². The maximum atomic E-state index is 12.0.